The van der Waals surface area contributed by atoms with Crippen molar-refractivity contribution < 1.29 is 9.53 Å². The standard InChI is InChI=1S/C15H19ClN2O2.ClH/c16-12-1-2-14-10(8-12)7-11(9-20-14)15(19)18-13-3-5-17-6-4-13;/h1-2,8,11,13,17H,3-7,9H2,(H,18,19);1H. The van der Waals surface area contributed by atoms with E-state index in [0.717, 1.165) is 37.2 Å². The number of halogens is 2. The molecule has 1 aromatic carbocycles. The summed E-state index contributed by atoms with van der Waals surface area (Å²) in [5.74, 6) is 0.832. The molecule has 2 aliphatic rings. The topological polar surface area (TPSA) is 50.4 Å². The maximum atomic E-state index is 12.3. The summed E-state index contributed by atoms with van der Waals surface area (Å²) in [6.07, 6.45) is 2.70. The molecule has 0 aromatic heterocycles. The van der Waals surface area contributed by atoms with Gasteiger partial charge >= 0.3 is 0 Å². The molecule has 2 aliphatic heterocycles. The molecule has 4 nitrogen and oxygen atoms in total. The van der Waals surface area contributed by atoms with Crippen LogP contribution in [0.4, 0.5) is 0 Å². The van der Waals surface area contributed by atoms with Crippen molar-refractivity contribution in [2.24, 2.45) is 5.92 Å². The minimum absolute atomic E-state index is 0. The van der Waals surface area contributed by atoms with Crippen LogP contribution in [0.5, 0.6) is 5.75 Å². The first-order chi connectivity index (χ1) is 9.72. The van der Waals surface area contributed by atoms with Crippen molar-refractivity contribution in [2.45, 2.75) is 25.3 Å². The van der Waals surface area contributed by atoms with E-state index < -0.39 is 0 Å². The van der Waals surface area contributed by atoms with Crippen LogP contribution >= 0.6 is 24.0 Å². The zero-order valence-electron chi connectivity index (χ0n) is 11.7. The number of piperidine rings is 1. The summed E-state index contributed by atoms with van der Waals surface area (Å²) in [5, 5.41) is 7.12. The normalized spacial score (nSPS) is 21.7. The van der Waals surface area contributed by atoms with Crippen molar-refractivity contribution in [3.05, 3.63) is 28.8 Å². The Morgan fingerprint density at radius 3 is 2.86 bits per heavy atom. The number of carbonyl (C=O) groups excluding carboxylic acids is 1. The maximum Gasteiger partial charge on any atom is 0.227 e. The number of nitrogens with one attached hydrogen (secondary N) is 2. The first-order valence-corrected chi connectivity index (χ1v) is 7.52. The summed E-state index contributed by atoms with van der Waals surface area (Å²) in [4.78, 5) is 12.3. The van der Waals surface area contributed by atoms with E-state index in [1.807, 2.05) is 18.2 Å². The lowest BCUT2D eigenvalue weighted by Gasteiger charge is -2.28. The summed E-state index contributed by atoms with van der Waals surface area (Å²) < 4.78 is 5.67. The second kappa shape index (κ2) is 7.34. The zero-order chi connectivity index (χ0) is 13.9. The summed E-state index contributed by atoms with van der Waals surface area (Å²) in [7, 11) is 0. The summed E-state index contributed by atoms with van der Waals surface area (Å²) in [6, 6.07) is 5.87. The van der Waals surface area contributed by atoms with Gasteiger partial charge in [-0.25, -0.2) is 0 Å². The Kier molecular flexibility index (Phi) is 5.73. The Hall–Kier alpha value is -0.970. The van der Waals surface area contributed by atoms with Gasteiger partial charge in [-0.3, -0.25) is 4.79 Å². The van der Waals surface area contributed by atoms with Gasteiger partial charge in [-0.15, -0.1) is 12.4 Å². The van der Waals surface area contributed by atoms with Gasteiger partial charge in [-0.1, -0.05) is 11.6 Å². The van der Waals surface area contributed by atoms with Crippen molar-refractivity contribution >= 4 is 29.9 Å². The molecule has 6 heteroatoms. The van der Waals surface area contributed by atoms with E-state index in [2.05, 4.69) is 10.6 Å². The van der Waals surface area contributed by atoms with E-state index in [1.165, 1.54) is 0 Å². The number of amides is 1. The van der Waals surface area contributed by atoms with Crippen LogP contribution in [0.1, 0.15) is 18.4 Å². The van der Waals surface area contributed by atoms with Crippen molar-refractivity contribution in [3.8, 4) is 5.75 Å². The molecular weight excluding hydrogens is 311 g/mol. The monoisotopic (exact) mass is 330 g/mol. The smallest absolute Gasteiger partial charge is 0.227 e. The van der Waals surface area contributed by atoms with Gasteiger partial charge in [0.15, 0.2) is 0 Å². The van der Waals surface area contributed by atoms with Crippen molar-refractivity contribution in [1.82, 2.24) is 10.6 Å². The number of fused-ring (bicyclic) bond motifs is 1. The van der Waals surface area contributed by atoms with Gasteiger partial charge in [0, 0.05) is 11.1 Å². The lowest BCUT2D eigenvalue weighted by molar-refractivity contribution is -0.127. The Labute approximate surface area is 136 Å². The third-order valence-corrected chi connectivity index (χ3v) is 4.22. The largest absolute Gasteiger partial charge is 0.492 e. The molecule has 1 saturated heterocycles. The molecule has 0 bridgehead atoms. The SMILES string of the molecule is Cl.O=C(NC1CCNCC1)C1COc2ccc(Cl)cc2C1. The van der Waals surface area contributed by atoms with Crippen LogP contribution in [0.3, 0.4) is 0 Å². The molecule has 2 heterocycles. The van der Waals surface area contributed by atoms with Gasteiger partial charge in [-0.2, -0.15) is 0 Å². The van der Waals surface area contributed by atoms with Gasteiger partial charge in [-0.05, 0) is 56.1 Å². The number of carbonyl (C=O) groups is 1. The van der Waals surface area contributed by atoms with Crippen LogP contribution in [0.15, 0.2) is 18.2 Å². The number of benzene rings is 1. The highest BCUT2D eigenvalue weighted by Crippen LogP contribution is 2.29. The van der Waals surface area contributed by atoms with Gasteiger partial charge in [0.1, 0.15) is 12.4 Å². The Morgan fingerprint density at radius 2 is 2.10 bits per heavy atom. The highest BCUT2D eigenvalue weighted by molar-refractivity contribution is 6.30. The Bertz CT molecular complexity index is 504. The molecule has 1 unspecified atom stereocenters. The number of hydrogen-bond donors (Lipinski definition) is 2. The summed E-state index contributed by atoms with van der Waals surface area (Å²) in [6.45, 7) is 2.40. The zero-order valence-corrected chi connectivity index (χ0v) is 13.3. The molecule has 0 saturated carbocycles. The molecular formula is C15H20Cl2N2O2. The average Bonchev–Trinajstić information content (AvgIpc) is 2.47. The van der Waals surface area contributed by atoms with E-state index in [4.69, 9.17) is 16.3 Å². The fraction of sp³-hybridized carbons (Fsp3) is 0.533. The Balaban J connectivity index is 0.00000161. The molecule has 2 N–H and O–H groups in total. The van der Waals surface area contributed by atoms with Crippen LogP contribution in [0, 0.1) is 5.92 Å². The number of hydrogen-bond acceptors (Lipinski definition) is 3. The second-order valence-corrected chi connectivity index (χ2v) is 5.93. The second-order valence-electron chi connectivity index (χ2n) is 5.50. The highest BCUT2D eigenvalue weighted by Gasteiger charge is 2.27. The Morgan fingerprint density at radius 1 is 1.33 bits per heavy atom. The van der Waals surface area contributed by atoms with Crippen molar-refractivity contribution in [3.63, 3.8) is 0 Å². The van der Waals surface area contributed by atoms with E-state index in [9.17, 15) is 4.79 Å². The third-order valence-electron chi connectivity index (χ3n) is 3.99. The quantitative estimate of drug-likeness (QED) is 0.873. The van der Waals surface area contributed by atoms with E-state index >= 15 is 0 Å². The lowest BCUT2D eigenvalue weighted by Crippen LogP contribution is -2.46. The van der Waals surface area contributed by atoms with Gasteiger partial charge in [0.05, 0.1) is 5.92 Å². The third kappa shape index (κ3) is 4.02. The lowest BCUT2D eigenvalue weighted by atomic mass is 9.95. The molecule has 0 spiro atoms. The van der Waals surface area contributed by atoms with Crippen LogP contribution in [0.25, 0.3) is 0 Å². The first kappa shape index (κ1) is 16.4. The molecule has 1 amide bonds. The van der Waals surface area contributed by atoms with Crippen LogP contribution in [-0.4, -0.2) is 31.6 Å². The molecule has 0 radical (unpaired) electrons. The molecule has 1 aromatic rings. The van der Waals surface area contributed by atoms with Gasteiger partial charge in [0.25, 0.3) is 0 Å². The predicted octanol–water partition coefficient (Wildman–Crippen LogP) is 2.18. The maximum absolute atomic E-state index is 12.3. The number of rotatable bonds is 2. The minimum atomic E-state index is -0.115. The van der Waals surface area contributed by atoms with Crippen LogP contribution in [0.2, 0.25) is 5.02 Å². The first-order valence-electron chi connectivity index (χ1n) is 7.14. The van der Waals surface area contributed by atoms with E-state index in [1.54, 1.807) is 0 Å². The minimum Gasteiger partial charge on any atom is -0.492 e. The molecule has 21 heavy (non-hydrogen) atoms. The predicted molar refractivity (Wildman–Crippen MR) is 85.4 cm³/mol. The summed E-state index contributed by atoms with van der Waals surface area (Å²) in [5.41, 5.74) is 1.02. The van der Waals surface area contributed by atoms with Crippen molar-refractivity contribution in [2.75, 3.05) is 19.7 Å². The van der Waals surface area contributed by atoms with Gasteiger partial charge < -0.3 is 15.4 Å². The highest BCUT2D eigenvalue weighted by atomic mass is 35.5. The average molecular weight is 331 g/mol. The fourth-order valence-electron chi connectivity index (χ4n) is 2.82. The van der Waals surface area contributed by atoms with E-state index in [-0.39, 0.29) is 24.2 Å². The molecule has 1 fully saturated rings. The van der Waals surface area contributed by atoms with Crippen LogP contribution < -0.4 is 15.4 Å². The van der Waals surface area contributed by atoms with Crippen molar-refractivity contribution in [1.29, 1.82) is 0 Å². The van der Waals surface area contributed by atoms with E-state index in [0.29, 0.717) is 24.1 Å². The molecule has 3 rings (SSSR count). The molecule has 116 valence electrons. The molecule has 0 aliphatic carbocycles. The van der Waals surface area contributed by atoms with Gasteiger partial charge in [0.2, 0.25) is 5.91 Å². The fourth-order valence-corrected chi connectivity index (χ4v) is 3.01. The van der Waals surface area contributed by atoms with Crippen LogP contribution in [-0.2, 0) is 11.2 Å². The number of ether oxygens (including phenoxy) is 1. The molecule has 1 atom stereocenters. The summed E-state index contributed by atoms with van der Waals surface area (Å²) >= 11 is 6.00.